The summed E-state index contributed by atoms with van der Waals surface area (Å²) in [5, 5.41) is 12.2. The van der Waals surface area contributed by atoms with Gasteiger partial charge in [0.15, 0.2) is 5.16 Å². The van der Waals surface area contributed by atoms with Crippen LogP contribution in [0.4, 0.5) is 4.79 Å². The van der Waals surface area contributed by atoms with Gasteiger partial charge in [-0.3, -0.25) is 14.9 Å². The van der Waals surface area contributed by atoms with Gasteiger partial charge in [0.1, 0.15) is 11.3 Å². The molecule has 0 unspecified atom stereocenters. The Morgan fingerprint density at radius 2 is 2.06 bits per heavy atom. The average Bonchev–Trinajstić information content (AvgIpc) is 2.67. The molecule has 10 heteroatoms. The van der Waals surface area contributed by atoms with Gasteiger partial charge in [-0.05, 0) is 46.3 Å². The molecule has 2 aliphatic rings. The Balaban J connectivity index is 2.08. The molecule has 172 valence electrons. The lowest BCUT2D eigenvalue weighted by molar-refractivity contribution is -0.417. The van der Waals surface area contributed by atoms with Crippen molar-refractivity contribution in [1.82, 2.24) is 14.5 Å². The number of amides is 1. The highest BCUT2D eigenvalue weighted by atomic mass is 32.2. The lowest BCUT2D eigenvalue weighted by atomic mass is 10.0. The molecule has 1 aliphatic carbocycles. The maximum absolute atomic E-state index is 13.6. The predicted octanol–water partition coefficient (Wildman–Crippen LogP) is 4.00. The average molecular weight is 461 g/mol. The Morgan fingerprint density at radius 3 is 2.59 bits per heavy atom. The molecule has 1 amide bonds. The first-order chi connectivity index (χ1) is 15.0. The quantitative estimate of drug-likeness (QED) is 0.273. The summed E-state index contributed by atoms with van der Waals surface area (Å²) in [6.07, 6.45) is 5.76. The van der Waals surface area contributed by atoms with Gasteiger partial charge in [-0.2, -0.15) is 0 Å². The number of aromatic nitrogens is 2. The number of hydrogen-bond acceptors (Lipinski definition) is 7. The van der Waals surface area contributed by atoms with E-state index in [0.29, 0.717) is 34.6 Å². The smallest absolute Gasteiger partial charge is 0.410 e. The van der Waals surface area contributed by atoms with Gasteiger partial charge in [0.25, 0.3) is 11.3 Å². The number of carbonyl (C=O) groups is 1. The molecule has 0 atom stereocenters. The number of nitrogens with zero attached hydrogens (tertiary/aromatic N) is 4. The number of rotatable bonds is 6. The highest BCUT2D eigenvalue weighted by Gasteiger charge is 2.32. The zero-order chi connectivity index (χ0) is 23.6. The van der Waals surface area contributed by atoms with E-state index < -0.39 is 27.9 Å². The second kappa shape index (κ2) is 9.32. The summed E-state index contributed by atoms with van der Waals surface area (Å²) < 4.78 is 6.69. The number of carbonyl (C=O) groups excluding carboxylic acids is 1. The number of fused-ring (bicyclic) bond motifs is 1. The molecule has 32 heavy (non-hydrogen) atoms. The molecule has 1 aromatic heterocycles. The Bertz CT molecular complexity index is 1050. The Labute approximate surface area is 191 Å². The maximum Gasteiger partial charge on any atom is 0.410 e. The van der Waals surface area contributed by atoms with Crippen LogP contribution >= 0.6 is 11.8 Å². The standard InChI is InChI=1S/C22H28N4O5S/c1-6-8-18(14(2)26(29)30)25-19(27)16-13-24(21(28)31-22(3,4)5)12-11-17(16)23-20(25)32-15-9-7-10-15/h6,8,15H,1-2,7,9-13H2,3-5H3/b18-8+. The van der Waals surface area contributed by atoms with E-state index in [1.807, 2.05) is 0 Å². The molecule has 0 radical (unpaired) electrons. The molecule has 1 aliphatic heterocycles. The lowest BCUT2D eigenvalue weighted by Gasteiger charge is -2.31. The first kappa shape index (κ1) is 23.8. The Morgan fingerprint density at radius 1 is 1.38 bits per heavy atom. The van der Waals surface area contributed by atoms with E-state index >= 15 is 0 Å². The molecule has 0 bridgehead atoms. The fourth-order valence-corrected chi connectivity index (χ4v) is 4.69. The van der Waals surface area contributed by atoms with Crippen LogP contribution in [-0.4, -0.2) is 42.9 Å². The van der Waals surface area contributed by atoms with Crippen molar-refractivity contribution < 1.29 is 14.5 Å². The van der Waals surface area contributed by atoms with Crippen molar-refractivity contribution in [2.24, 2.45) is 0 Å². The van der Waals surface area contributed by atoms with Gasteiger partial charge in [-0.1, -0.05) is 30.8 Å². The molecule has 0 spiro atoms. The van der Waals surface area contributed by atoms with E-state index in [0.717, 1.165) is 19.3 Å². The first-order valence-corrected chi connectivity index (χ1v) is 11.4. The Kier molecular flexibility index (Phi) is 6.92. The van der Waals surface area contributed by atoms with Gasteiger partial charge in [-0.15, -0.1) is 0 Å². The molecule has 9 nitrogen and oxygen atoms in total. The Hall–Kier alpha value is -2.88. The molecule has 1 aromatic rings. The van der Waals surface area contributed by atoms with E-state index in [4.69, 9.17) is 9.72 Å². The van der Waals surface area contributed by atoms with E-state index in [-0.39, 0.29) is 12.2 Å². The lowest BCUT2D eigenvalue weighted by Crippen LogP contribution is -2.43. The highest BCUT2D eigenvalue weighted by Crippen LogP contribution is 2.37. The molecule has 0 N–H and O–H groups in total. The molecule has 1 saturated carbocycles. The number of hydrogen-bond donors (Lipinski definition) is 0. The third-order valence-electron chi connectivity index (χ3n) is 5.21. The van der Waals surface area contributed by atoms with Crippen LogP contribution in [0.5, 0.6) is 0 Å². The topological polar surface area (TPSA) is 108 Å². The summed E-state index contributed by atoms with van der Waals surface area (Å²) in [5.74, 6) is 0. The zero-order valence-electron chi connectivity index (χ0n) is 18.6. The minimum Gasteiger partial charge on any atom is -0.444 e. The van der Waals surface area contributed by atoms with Crippen LogP contribution in [0.3, 0.4) is 0 Å². The summed E-state index contributed by atoms with van der Waals surface area (Å²) in [4.78, 5) is 43.2. The van der Waals surface area contributed by atoms with Crippen LogP contribution in [0.2, 0.25) is 0 Å². The second-order valence-electron chi connectivity index (χ2n) is 8.77. The van der Waals surface area contributed by atoms with Crippen LogP contribution in [0.1, 0.15) is 51.3 Å². The van der Waals surface area contributed by atoms with Crippen molar-refractivity contribution in [2.45, 2.75) is 69.0 Å². The molecular formula is C22H28N4O5S. The van der Waals surface area contributed by atoms with Gasteiger partial charge >= 0.3 is 6.09 Å². The molecule has 2 heterocycles. The molecule has 3 rings (SSSR count). The minimum absolute atomic E-state index is 0.0153. The summed E-state index contributed by atoms with van der Waals surface area (Å²) >= 11 is 1.45. The highest BCUT2D eigenvalue weighted by molar-refractivity contribution is 7.99. The number of allylic oxidation sites excluding steroid dienone is 3. The number of thioether (sulfide) groups is 1. The molecule has 0 saturated heterocycles. The molecule has 1 fully saturated rings. The van der Waals surface area contributed by atoms with Crippen molar-refractivity contribution in [3.05, 3.63) is 62.7 Å². The number of ether oxygens (including phenoxy) is 1. The van der Waals surface area contributed by atoms with Crippen LogP contribution in [0, 0.1) is 10.1 Å². The van der Waals surface area contributed by atoms with Crippen molar-refractivity contribution >= 4 is 23.6 Å². The van der Waals surface area contributed by atoms with E-state index in [9.17, 15) is 19.7 Å². The summed E-state index contributed by atoms with van der Waals surface area (Å²) in [7, 11) is 0. The zero-order valence-corrected chi connectivity index (χ0v) is 19.4. The van der Waals surface area contributed by atoms with Gasteiger partial charge in [0.05, 0.1) is 22.7 Å². The maximum atomic E-state index is 13.6. The summed E-state index contributed by atoms with van der Waals surface area (Å²) in [6.45, 7) is 12.9. The van der Waals surface area contributed by atoms with Gasteiger partial charge in [-0.25, -0.2) is 14.3 Å². The van der Waals surface area contributed by atoms with Crippen molar-refractivity contribution in [3.8, 4) is 0 Å². The number of nitro groups is 1. The normalized spacial score (nSPS) is 16.7. The summed E-state index contributed by atoms with van der Waals surface area (Å²) in [5.41, 5.74) is -0.585. The van der Waals surface area contributed by atoms with Crippen molar-refractivity contribution in [3.63, 3.8) is 0 Å². The van der Waals surface area contributed by atoms with Gasteiger partial charge in [0.2, 0.25) is 0 Å². The SMILES string of the molecule is C=C/C=C(\C(=C)[N+](=O)[O-])n1c(SC2CCC2)nc2c(c1=O)CN(C(=O)OC(C)(C)C)CC2. The van der Waals surface area contributed by atoms with Gasteiger partial charge in [0, 0.05) is 18.2 Å². The van der Waals surface area contributed by atoms with Gasteiger partial charge < -0.3 is 9.64 Å². The van der Waals surface area contributed by atoms with E-state index in [1.54, 1.807) is 20.8 Å². The predicted molar refractivity (Wildman–Crippen MR) is 123 cm³/mol. The van der Waals surface area contributed by atoms with E-state index in [1.165, 1.54) is 33.4 Å². The third-order valence-corrected chi connectivity index (χ3v) is 6.50. The first-order valence-electron chi connectivity index (χ1n) is 10.5. The van der Waals surface area contributed by atoms with E-state index in [2.05, 4.69) is 13.2 Å². The second-order valence-corrected chi connectivity index (χ2v) is 10.0. The fourth-order valence-electron chi connectivity index (χ4n) is 3.37. The van der Waals surface area contributed by atoms with Crippen LogP contribution in [0.15, 0.2) is 41.0 Å². The van der Waals surface area contributed by atoms with Crippen molar-refractivity contribution in [2.75, 3.05) is 6.54 Å². The third kappa shape index (κ3) is 5.12. The largest absolute Gasteiger partial charge is 0.444 e. The fraction of sp³-hybridized carbons (Fsp3) is 0.500. The molecule has 0 aromatic carbocycles. The minimum atomic E-state index is -0.664. The van der Waals surface area contributed by atoms with Crippen LogP contribution < -0.4 is 5.56 Å². The van der Waals surface area contributed by atoms with Crippen LogP contribution in [0.25, 0.3) is 5.70 Å². The monoisotopic (exact) mass is 460 g/mol. The van der Waals surface area contributed by atoms with Crippen LogP contribution in [-0.2, 0) is 17.7 Å². The summed E-state index contributed by atoms with van der Waals surface area (Å²) in [6, 6.07) is 0. The molecular weight excluding hydrogens is 432 g/mol. The van der Waals surface area contributed by atoms with Crippen molar-refractivity contribution in [1.29, 1.82) is 0 Å².